The molecule has 2 heteroatoms. The predicted molar refractivity (Wildman–Crippen MR) is 64.0 cm³/mol. The van der Waals surface area contributed by atoms with E-state index in [2.05, 4.69) is 43.4 Å². The summed E-state index contributed by atoms with van der Waals surface area (Å²) in [4.78, 5) is 0. The van der Waals surface area contributed by atoms with Crippen molar-refractivity contribution in [3.8, 4) is 0 Å². The zero-order valence-corrected chi connectivity index (χ0v) is 9.92. The van der Waals surface area contributed by atoms with Crippen LogP contribution in [0.2, 0.25) is 0 Å². The van der Waals surface area contributed by atoms with Crippen LogP contribution in [0, 0.1) is 0 Å². The first-order valence-corrected chi connectivity index (χ1v) is 5.57. The molecule has 0 saturated heterocycles. The van der Waals surface area contributed by atoms with E-state index >= 15 is 0 Å². The van der Waals surface area contributed by atoms with Gasteiger partial charge in [-0.1, -0.05) is 31.2 Å². The number of hydrogen-bond acceptors (Lipinski definition) is 2. The van der Waals surface area contributed by atoms with Gasteiger partial charge in [-0.3, -0.25) is 0 Å². The summed E-state index contributed by atoms with van der Waals surface area (Å²) < 4.78 is 5.09. The van der Waals surface area contributed by atoms with Crippen molar-refractivity contribution in [1.82, 2.24) is 5.32 Å². The lowest BCUT2D eigenvalue weighted by atomic mass is 10.1. The van der Waals surface area contributed by atoms with Gasteiger partial charge >= 0.3 is 0 Å². The summed E-state index contributed by atoms with van der Waals surface area (Å²) in [5.41, 5.74) is 2.82. The minimum Gasteiger partial charge on any atom is -0.383 e. The first-order chi connectivity index (χ1) is 7.27. The predicted octanol–water partition coefficient (Wildman–Crippen LogP) is 2.37. The van der Waals surface area contributed by atoms with Crippen LogP contribution >= 0.6 is 0 Å². The van der Waals surface area contributed by atoms with Gasteiger partial charge < -0.3 is 10.1 Å². The molecule has 15 heavy (non-hydrogen) atoms. The van der Waals surface area contributed by atoms with E-state index in [1.165, 1.54) is 11.1 Å². The van der Waals surface area contributed by atoms with E-state index in [-0.39, 0.29) is 0 Å². The van der Waals surface area contributed by atoms with Crippen LogP contribution in [0.25, 0.3) is 0 Å². The Morgan fingerprint density at radius 1 is 1.27 bits per heavy atom. The molecule has 0 aromatic heterocycles. The Balaban J connectivity index is 2.49. The minimum absolute atomic E-state index is 0.403. The Kier molecular flexibility index (Phi) is 5.37. The van der Waals surface area contributed by atoms with Gasteiger partial charge in [-0.05, 0) is 24.5 Å². The van der Waals surface area contributed by atoms with Crippen LogP contribution in [-0.2, 0) is 17.7 Å². The van der Waals surface area contributed by atoms with E-state index in [9.17, 15) is 0 Å². The van der Waals surface area contributed by atoms with Crippen LogP contribution in [0.1, 0.15) is 25.0 Å². The second-order valence-electron chi connectivity index (χ2n) is 3.86. The molecule has 1 atom stereocenters. The third-order valence-corrected chi connectivity index (χ3v) is 2.56. The van der Waals surface area contributed by atoms with Gasteiger partial charge in [0, 0.05) is 19.7 Å². The van der Waals surface area contributed by atoms with Crippen LogP contribution in [0.3, 0.4) is 0 Å². The molecular weight excluding hydrogens is 186 g/mol. The van der Waals surface area contributed by atoms with Gasteiger partial charge in [-0.25, -0.2) is 0 Å². The highest BCUT2D eigenvalue weighted by atomic mass is 16.5. The second-order valence-corrected chi connectivity index (χ2v) is 3.86. The number of hydrogen-bond donors (Lipinski definition) is 1. The van der Waals surface area contributed by atoms with Crippen molar-refractivity contribution < 1.29 is 4.74 Å². The van der Waals surface area contributed by atoms with Crippen molar-refractivity contribution in [3.63, 3.8) is 0 Å². The summed E-state index contributed by atoms with van der Waals surface area (Å²) in [5.74, 6) is 0. The fourth-order valence-electron chi connectivity index (χ4n) is 1.67. The van der Waals surface area contributed by atoms with E-state index in [1.54, 1.807) is 7.11 Å². The third-order valence-electron chi connectivity index (χ3n) is 2.56. The maximum absolute atomic E-state index is 5.09. The molecule has 0 aliphatic carbocycles. The molecule has 0 fully saturated rings. The summed E-state index contributed by atoms with van der Waals surface area (Å²) in [7, 11) is 1.73. The normalized spacial score (nSPS) is 12.7. The lowest BCUT2D eigenvalue weighted by Gasteiger charge is -2.14. The molecule has 1 aromatic carbocycles. The number of aryl methyl sites for hydroxylation is 1. The lowest BCUT2D eigenvalue weighted by molar-refractivity contribution is 0.171. The topological polar surface area (TPSA) is 21.3 Å². The Morgan fingerprint density at radius 2 is 1.93 bits per heavy atom. The van der Waals surface area contributed by atoms with Gasteiger partial charge in [-0.2, -0.15) is 0 Å². The van der Waals surface area contributed by atoms with Crippen LogP contribution in [0.4, 0.5) is 0 Å². The Morgan fingerprint density at radius 3 is 2.53 bits per heavy atom. The molecule has 0 aliphatic rings. The Bertz CT molecular complexity index is 286. The molecule has 1 unspecified atom stereocenters. The number of rotatable bonds is 6. The average molecular weight is 207 g/mol. The van der Waals surface area contributed by atoms with Gasteiger partial charge in [-0.15, -0.1) is 0 Å². The van der Waals surface area contributed by atoms with Gasteiger partial charge in [0.1, 0.15) is 0 Å². The van der Waals surface area contributed by atoms with Crippen LogP contribution in [0.5, 0.6) is 0 Å². The third kappa shape index (κ3) is 4.02. The fraction of sp³-hybridized carbons (Fsp3) is 0.538. The summed E-state index contributed by atoms with van der Waals surface area (Å²) >= 11 is 0. The maximum Gasteiger partial charge on any atom is 0.0613 e. The van der Waals surface area contributed by atoms with E-state index in [0.29, 0.717) is 6.04 Å². The lowest BCUT2D eigenvalue weighted by Crippen LogP contribution is -2.29. The molecule has 0 radical (unpaired) electrons. The molecule has 1 aromatic rings. The Labute approximate surface area is 92.6 Å². The largest absolute Gasteiger partial charge is 0.383 e. The molecule has 1 rings (SSSR count). The fourth-order valence-corrected chi connectivity index (χ4v) is 1.67. The minimum atomic E-state index is 0.403. The molecule has 1 N–H and O–H groups in total. The van der Waals surface area contributed by atoms with Crippen LogP contribution in [0.15, 0.2) is 24.3 Å². The van der Waals surface area contributed by atoms with Crippen molar-refractivity contribution in [2.45, 2.75) is 32.9 Å². The Hall–Kier alpha value is -0.860. The summed E-state index contributed by atoms with van der Waals surface area (Å²) in [6, 6.07) is 8.97. The SMILES string of the molecule is CCc1ccccc1CNC(C)COC. The number of ether oxygens (including phenoxy) is 1. The highest BCUT2D eigenvalue weighted by Gasteiger charge is 2.02. The quantitative estimate of drug-likeness (QED) is 0.773. The number of nitrogens with one attached hydrogen (secondary N) is 1. The standard InChI is InChI=1S/C13H21NO/c1-4-12-7-5-6-8-13(12)9-14-11(2)10-15-3/h5-8,11,14H,4,9-10H2,1-3H3. The summed E-state index contributed by atoms with van der Waals surface area (Å²) in [6.07, 6.45) is 1.09. The van der Waals surface area contributed by atoms with Gasteiger partial charge in [0.05, 0.1) is 6.61 Å². The van der Waals surface area contributed by atoms with Crippen molar-refractivity contribution in [2.75, 3.05) is 13.7 Å². The van der Waals surface area contributed by atoms with E-state index < -0.39 is 0 Å². The number of benzene rings is 1. The van der Waals surface area contributed by atoms with Crippen LogP contribution < -0.4 is 5.32 Å². The maximum atomic E-state index is 5.09. The smallest absolute Gasteiger partial charge is 0.0613 e. The highest BCUT2D eigenvalue weighted by Crippen LogP contribution is 2.09. The van der Waals surface area contributed by atoms with E-state index in [0.717, 1.165) is 19.6 Å². The van der Waals surface area contributed by atoms with Crippen molar-refractivity contribution in [3.05, 3.63) is 35.4 Å². The van der Waals surface area contributed by atoms with Crippen LogP contribution in [-0.4, -0.2) is 19.8 Å². The summed E-state index contributed by atoms with van der Waals surface area (Å²) in [6.45, 7) is 6.01. The molecule has 0 heterocycles. The molecule has 0 amide bonds. The first-order valence-electron chi connectivity index (χ1n) is 5.57. The highest BCUT2D eigenvalue weighted by molar-refractivity contribution is 5.26. The molecule has 0 saturated carbocycles. The number of methoxy groups -OCH3 is 1. The van der Waals surface area contributed by atoms with E-state index in [1.807, 2.05) is 0 Å². The van der Waals surface area contributed by atoms with Crippen molar-refractivity contribution >= 4 is 0 Å². The van der Waals surface area contributed by atoms with Gasteiger partial charge in [0.2, 0.25) is 0 Å². The molecule has 84 valence electrons. The first kappa shape index (κ1) is 12.2. The van der Waals surface area contributed by atoms with Crippen molar-refractivity contribution in [1.29, 1.82) is 0 Å². The monoisotopic (exact) mass is 207 g/mol. The molecule has 0 bridgehead atoms. The second kappa shape index (κ2) is 6.59. The van der Waals surface area contributed by atoms with Crippen molar-refractivity contribution in [2.24, 2.45) is 0 Å². The van der Waals surface area contributed by atoms with Gasteiger partial charge in [0.15, 0.2) is 0 Å². The van der Waals surface area contributed by atoms with E-state index in [4.69, 9.17) is 4.74 Å². The molecule has 0 aliphatic heterocycles. The molecular formula is C13H21NO. The average Bonchev–Trinajstić information content (AvgIpc) is 2.27. The zero-order chi connectivity index (χ0) is 11.1. The summed E-state index contributed by atoms with van der Waals surface area (Å²) in [5, 5.41) is 3.45. The molecule has 2 nitrogen and oxygen atoms in total. The molecule has 0 spiro atoms. The van der Waals surface area contributed by atoms with Gasteiger partial charge in [0.25, 0.3) is 0 Å². The zero-order valence-electron chi connectivity index (χ0n) is 9.92.